The molecule has 0 unspecified atom stereocenters. The number of halogens is 2. The van der Waals surface area contributed by atoms with Gasteiger partial charge in [0.2, 0.25) is 0 Å². The third-order valence-electron chi connectivity index (χ3n) is 2.78. The van der Waals surface area contributed by atoms with E-state index in [1.54, 1.807) is 13.2 Å². The lowest BCUT2D eigenvalue weighted by molar-refractivity contribution is 0.103. The summed E-state index contributed by atoms with van der Waals surface area (Å²) >= 11 is 6.78. The first-order chi connectivity index (χ1) is 9.01. The Hall–Kier alpha value is -1.13. The largest absolute Gasteiger partial charge is 0.496 e. The predicted molar refractivity (Wildman–Crippen MR) is 83.0 cm³/mol. The Balaban J connectivity index is 2.41. The summed E-state index contributed by atoms with van der Waals surface area (Å²) in [7, 11) is 1.62. The maximum absolute atomic E-state index is 12.4. The first kappa shape index (κ1) is 14.3. The number of ketones is 1. The van der Waals surface area contributed by atoms with Gasteiger partial charge >= 0.3 is 0 Å². The fraction of sp³-hybridized carbons (Fsp3) is 0.133. The zero-order chi connectivity index (χ0) is 14.0. The molecule has 0 aliphatic heterocycles. The quantitative estimate of drug-likeness (QED) is 0.714. The van der Waals surface area contributed by atoms with E-state index >= 15 is 0 Å². The first-order valence-electron chi connectivity index (χ1n) is 5.66. The van der Waals surface area contributed by atoms with Gasteiger partial charge in [0, 0.05) is 20.1 Å². The summed E-state index contributed by atoms with van der Waals surface area (Å²) in [6, 6.07) is 11.0. The molecule has 4 heteroatoms. The van der Waals surface area contributed by atoms with Gasteiger partial charge in [-0.1, -0.05) is 31.9 Å². The summed E-state index contributed by atoms with van der Waals surface area (Å²) in [6.45, 7) is 1.92. The van der Waals surface area contributed by atoms with E-state index in [4.69, 9.17) is 4.74 Å². The van der Waals surface area contributed by atoms with E-state index in [1.807, 2.05) is 37.3 Å². The summed E-state index contributed by atoms with van der Waals surface area (Å²) < 4.78 is 6.94. The van der Waals surface area contributed by atoms with Gasteiger partial charge in [0.25, 0.3) is 0 Å². The number of rotatable bonds is 3. The number of hydrogen-bond acceptors (Lipinski definition) is 2. The monoisotopic (exact) mass is 382 g/mol. The van der Waals surface area contributed by atoms with Gasteiger partial charge in [0.05, 0.1) is 7.11 Å². The highest BCUT2D eigenvalue weighted by atomic mass is 79.9. The smallest absolute Gasteiger partial charge is 0.193 e. The number of aryl methyl sites for hydroxylation is 1. The maximum Gasteiger partial charge on any atom is 0.193 e. The molecule has 0 amide bonds. The van der Waals surface area contributed by atoms with Crippen molar-refractivity contribution in [3.05, 3.63) is 62.0 Å². The second kappa shape index (κ2) is 5.88. The van der Waals surface area contributed by atoms with Crippen LogP contribution in [0.3, 0.4) is 0 Å². The SMILES string of the molecule is COc1ccc(C(=O)c2cc(Br)cc(Br)c2)cc1C. The molecule has 2 rings (SSSR count). The van der Waals surface area contributed by atoms with Gasteiger partial charge in [0.15, 0.2) is 5.78 Å². The van der Waals surface area contributed by atoms with Crippen molar-refractivity contribution in [2.45, 2.75) is 6.92 Å². The lowest BCUT2D eigenvalue weighted by atomic mass is 10.0. The summed E-state index contributed by atoms with van der Waals surface area (Å²) in [5.41, 5.74) is 2.25. The molecule has 2 aromatic rings. The molecule has 2 nitrogen and oxygen atoms in total. The Morgan fingerprint density at radius 3 is 2.16 bits per heavy atom. The van der Waals surface area contributed by atoms with Crippen LogP contribution < -0.4 is 4.74 Å². The number of carbonyl (C=O) groups excluding carboxylic acids is 1. The van der Waals surface area contributed by atoms with Gasteiger partial charge in [-0.25, -0.2) is 0 Å². The van der Waals surface area contributed by atoms with Crippen LogP contribution in [-0.2, 0) is 0 Å². The molecular formula is C15H12Br2O2. The molecule has 0 heterocycles. The minimum atomic E-state index is -0.00671. The van der Waals surface area contributed by atoms with E-state index in [0.29, 0.717) is 11.1 Å². The molecule has 0 bridgehead atoms. The average molecular weight is 384 g/mol. The number of hydrogen-bond donors (Lipinski definition) is 0. The Morgan fingerprint density at radius 1 is 1.00 bits per heavy atom. The molecule has 0 aromatic heterocycles. The summed E-state index contributed by atoms with van der Waals surface area (Å²) in [6.07, 6.45) is 0. The van der Waals surface area contributed by atoms with Crippen LogP contribution in [0.5, 0.6) is 5.75 Å². The van der Waals surface area contributed by atoms with Crippen LogP contribution >= 0.6 is 31.9 Å². The van der Waals surface area contributed by atoms with E-state index in [-0.39, 0.29) is 5.78 Å². The van der Waals surface area contributed by atoms with Crippen LogP contribution in [0.15, 0.2) is 45.3 Å². The molecule has 0 saturated carbocycles. The highest BCUT2D eigenvalue weighted by Crippen LogP contribution is 2.24. The molecule has 2 aromatic carbocycles. The standard InChI is InChI=1S/C15H12Br2O2/c1-9-5-10(3-4-14(9)19-2)15(18)11-6-12(16)8-13(17)7-11/h3-8H,1-2H3. The Labute approximate surface area is 129 Å². The molecule has 0 saturated heterocycles. The topological polar surface area (TPSA) is 26.3 Å². The number of carbonyl (C=O) groups is 1. The Kier molecular flexibility index (Phi) is 4.42. The van der Waals surface area contributed by atoms with Gasteiger partial charge in [-0.05, 0) is 48.9 Å². The lowest BCUT2D eigenvalue weighted by Crippen LogP contribution is -2.02. The number of ether oxygens (including phenoxy) is 1. The van der Waals surface area contributed by atoms with Crippen LogP contribution in [0, 0.1) is 6.92 Å². The molecule has 0 N–H and O–H groups in total. The van der Waals surface area contributed by atoms with Crippen molar-refractivity contribution in [3.8, 4) is 5.75 Å². The third kappa shape index (κ3) is 3.25. The van der Waals surface area contributed by atoms with Crippen molar-refractivity contribution < 1.29 is 9.53 Å². The van der Waals surface area contributed by atoms with Crippen LogP contribution in [-0.4, -0.2) is 12.9 Å². The number of benzene rings is 2. The van der Waals surface area contributed by atoms with Crippen LogP contribution in [0.4, 0.5) is 0 Å². The van der Waals surface area contributed by atoms with E-state index in [2.05, 4.69) is 31.9 Å². The average Bonchev–Trinajstić information content (AvgIpc) is 2.36. The van der Waals surface area contributed by atoms with Crippen molar-refractivity contribution in [1.82, 2.24) is 0 Å². The normalized spacial score (nSPS) is 10.3. The highest BCUT2D eigenvalue weighted by Gasteiger charge is 2.12. The first-order valence-corrected chi connectivity index (χ1v) is 7.25. The van der Waals surface area contributed by atoms with Crippen molar-refractivity contribution >= 4 is 37.6 Å². The lowest BCUT2D eigenvalue weighted by Gasteiger charge is -2.07. The van der Waals surface area contributed by atoms with Crippen molar-refractivity contribution in [3.63, 3.8) is 0 Å². The molecule has 0 radical (unpaired) electrons. The maximum atomic E-state index is 12.4. The highest BCUT2D eigenvalue weighted by molar-refractivity contribution is 9.11. The van der Waals surface area contributed by atoms with Crippen LogP contribution in [0.1, 0.15) is 21.5 Å². The second-order valence-corrected chi connectivity index (χ2v) is 6.00. The fourth-order valence-corrected chi connectivity index (χ4v) is 3.16. The molecule has 0 fully saturated rings. The van der Waals surface area contributed by atoms with Crippen LogP contribution in [0.25, 0.3) is 0 Å². The van der Waals surface area contributed by atoms with E-state index in [9.17, 15) is 4.79 Å². The summed E-state index contributed by atoms with van der Waals surface area (Å²) in [5, 5.41) is 0. The molecular weight excluding hydrogens is 372 g/mol. The zero-order valence-corrected chi connectivity index (χ0v) is 13.7. The molecule has 0 aliphatic carbocycles. The Morgan fingerprint density at radius 2 is 1.63 bits per heavy atom. The second-order valence-electron chi connectivity index (χ2n) is 4.17. The van der Waals surface area contributed by atoms with E-state index in [0.717, 1.165) is 20.3 Å². The zero-order valence-electron chi connectivity index (χ0n) is 10.5. The van der Waals surface area contributed by atoms with Crippen molar-refractivity contribution in [1.29, 1.82) is 0 Å². The Bertz CT molecular complexity index is 616. The van der Waals surface area contributed by atoms with Gasteiger partial charge in [-0.3, -0.25) is 4.79 Å². The van der Waals surface area contributed by atoms with E-state index < -0.39 is 0 Å². The summed E-state index contributed by atoms with van der Waals surface area (Å²) in [5.74, 6) is 0.778. The fourth-order valence-electron chi connectivity index (χ4n) is 1.87. The minimum Gasteiger partial charge on any atom is -0.496 e. The predicted octanol–water partition coefficient (Wildman–Crippen LogP) is 4.76. The molecule has 0 atom stereocenters. The number of methoxy groups -OCH3 is 1. The van der Waals surface area contributed by atoms with Crippen molar-refractivity contribution in [2.24, 2.45) is 0 Å². The third-order valence-corrected chi connectivity index (χ3v) is 3.70. The van der Waals surface area contributed by atoms with Crippen LogP contribution in [0.2, 0.25) is 0 Å². The van der Waals surface area contributed by atoms with Gasteiger partial charge in [-0.2, -0.15) is 0 Å². The molecule has 98 valence electrons. The minimum absolute atomic E-state index is 0.00671. The van der Waals surface area contributed by atoms with Gasteiger partial charge in [0.1, 0.15) is 5.75 Å². The summed E-state index contributed by atoms with van der Waals surface area (Å²) in [4.78, 5) is 12.4. The van der Waals surface area contributed by atoms with E-state index in [1.165, 1.54) is 0 Å². The molecule has 0 spiro atoms. The van der Waals surface area contributed by atoms with Gasteiger partial charge < -0.3 is 4.74 Å². The molecule has 0 aliphatic rings. The molecule has 19 heavy (non-hydrogen) atoms. The van der Waals surface area contributed by atoms with Gasteiger partial charge in [-0.15, -0.1) is 0 Å². The van der Waals surface area contributed by atoms with Crippen molar-refractivity contribution in [2.75, 3.05) is 7.11 Å².